The molecular weight excluding hydrogens is 686 g/mol. The lowest BCUT2D eigenvalue weighted by Gasteiger charge is -2.23. The van der Waals surface area contributed by atoms with Crippen LogP contribution in [0.1, 0.15) is 49.4 Å². The number of hydrogen-bond donors (Lipinski definition) is 7. The van der Waals surface area contributed by atoms with E-state index in [0.717, 1.165) is 0 Å². The maximum Gasteiger partial charge on any atom is 0.326 e. The molecule has 4 atom stereocenters. The number of rotatable bonds is 5. The van der Waals surface area contributed by atoms with E-state index in [1.54, 1.807) is 65.5 Å². The summed E-state index contributed by atoms with van der Waals surface area (Å²) in [5, 5.41) is 31.3. The highest BCUT2D eigenvalue weighted by Gasteiger charge is 2.28. The van der Waals surface area contributed by atoms with E-state index in [0.29, 0.717) is 54.9 Å². The third kappa shape index (κ3) is 13.7. The van der Waals surface area contributed by atoms with Crippen LogP contribution in [0.5, 0.6) is 5.75 Å². The van der Waals surface area contributed by atoms with Crippen molar-refractivity contribution in [3.05, 3.63) is 77.6 Å². The fourth-order valence-electron chi connectivity index (χ4n) is 5.45. The molecule has 17 nitrogen and oxygen atoms in total. The summed E-state index contributed by atoms with van der Waals surface area (Å²) < 4.78 is 7.43. The maximum atomic E-state index is 13.5. The largest absolute Gasteiger partial charge is 0.492 e. The van der Waals surface area contributed by atoms with Crippen molar-refractivity contribution in [2.24, 2.45) is 5.73 Å². The third-order valence-electron chi connectivity index (χ3n) is 8.41. The Morgan fingerprint density at radius 2 is 1.74 bits per heavy atom. The maximum absolute atomic E-state index is 13.5. The van der Waals surface area contributed by atoms with Crippen molar-refractivity contribution in [3.8, 4) is 5.75 Å². The third-order valence-corrected chi connectivity index (χ3v) is 8.41. The quantitative estimate of drug-likeness (QED) is 0.163. The smallest absolute Gasteiger partial charge is 0.326 e. The molecule has 2 aliphatic heterocycles. The molecule has 5 rings (SSSR count). The van der Waals surface area contributed by atoms with Crippen LogP contribution in [-0.2, 0) is 54.6 Å². The number of nitrogens with one attached hydrogen (secondary N) is 5. The molecule has 1 aromatic heterocycles. The van der Waals surface area contributed by atoms with Crippen LogP contribution in [0.25, 0.3) is 0 Å². The number of hydrogen-bond acceptors (Lipinski definition) is 10. The normalized spacial score (nSPS) is 20.8. The van der Waals surface area contributed by atoms with Crippen molar-refractivity contribution in [2.45, 2.75) is 82.6 Å². The highest BCUT2D eigenvalue weighted by molar-refractivity contribution is 5.94. The van der Waals surface area contributed by atoms with E-state index in [4.69, 9.17) is 10.5 Å². The minimum absolute atomic E-state index is 0.0440. The van der Waals surface area contributed by atoms with Gasteiger partial charge in [0.1, 0.15) is 30.5 Å². The van der Waals surface area contributed by atoms with Gasteiger partial charge in [-0.2, -0.15) is 0 Å². The highest BCUT2D eigenvalue weighted by atomic mass is 16.5. The van der Waals surface area contributed by atoms with E-state index in [1.165, 1.54) is 6.92 Å². The van der Waals surface area contributed by atoms with E-state index in [-0.39, 0.29) is 38.2 Å². The molecule has 0 saturated carbocycles. The van der Waals surface area contributed by atoms with Crippen LogP contribution in [0.2, 0.25) is 0 Å². The Balaban J connectivity index is 1.50. The molecule has 17 heteroatoms. The van der Waals surface area contributed by atoms with Gasteiger partial charge in [-0.05, 0) is 49.4 Å². The zero-order chi connectivity index (χ0) is 38.2. The molecule has 2 aromatic carbocycles. The Morgan fingerprint density at radius 3 is 2.45 bits per heavy atom. The van der Waals surface area contributed by atoms with Gasteiger partial charge in [-0.25, -0.2) is 9.48 Å². The molecule has 4 unspecified atom stereocenters. The van der Waals surface area contributed by atoms with E-state index in [1.807, 2.05) is 0 Å². The summed E-state index contributed by atoms with van der Waals surface area (Å²) in [6.07, 6.45) is 3.50. The van der Waals surface area contributed by atoms with Gasteiger partial charge in [0.05, 0.1) is 24.8 Å². The van der Waals surface area contributed by atoms with Crippen molar-refractivity contribution in [3.63, 3.8) is 0 Å². The van der Waals surface area contributed by atoms with Crippen molar-refractivity contribution in [2.75, 3.05) is 19.7 Å². The summed E-state index contributed by atoms with van der Waals surface area (Å²) in [5.41, 5.74) is 7.68. The second kappa shape index (κ2) is 20.3. The summed E-state index contributed by atoms with van der Waals surface area (Å²) in [6.45, 7) is 1.97. The molecule has 0 fully saturated rings. The Morgan fingerprint density at radius 1 is 0.981 bits per heavy atom. The van der Waals surface area contributed by atoms with Gasteiger partial charge < -0.3 is 42.2 Å². The van der Waals surface area contributed by atoms with E-state index >= 15 is 0 Å². The lowest BCUT2D eigenvalue weighted by Crippen LogP contribution is -2.55. The first kappa shape index (κ1) is 39.9. The Kier molecular flexibility index (Phi) is 15.3. The molecule has 53 heavy (non-hydrogen) atoms. The van der Waals surface area contributed by atoms with E-state index in [9.17, 15) is 33.9 Å². The van der Waals surface area contributed by atoms with Crippen molar-refractivity contribution >= 4 is 35.5 Å². The average Bonchev–Trinajstić information content (AvgIpc) is 3.59. The summed E-state index contributed by atoms with van der Waals surface area (Å²) in [6, 6.07) is 11.2. The van der Waals surface area contributed by atoms with Crippen LogP contribution in [-0.4, -0.2) is 99.5 Å². The zero-order valence-electron chi connectivity index (χ0n) is 29.6. The molecule has 0 radical (unpaired) electrons. The number of aryl methyl sites for hydroxylation is 1. The first-order valence-corrected chi connectivity index (χ1v) is 17.5. The van der Waals surface area contributed by atoms with Crippen LogP contribution in [0.3, 0.4) is 0 Å². The molecule has 3 aromatic rings. The number of carbonyl (C=O) groups is 6. The minimum atomic E-state index is -1.32. The van der Waals surface area contributed by atoms with Crippen molar-refractivity contribution < 1.29 is 38.6 Å². The molecule has 3 heterocycles. The molecule has 0 saturated heterocycles. The Labute approximate surface area is 306 Å². The number of amides is 5. The Hall–Kier alpha value is -5.84. The molecule has 5 amide bonds. The summed E-state index contributed by atoms with van der Waals surface area (Å²) >= 11 is 0. The number of benzene rings is 2. The molecule has 8 N–H and O–H groups in total. The zero-order valence-corrected chi connectivity index (χ0v) is 29.6. The lowest BCUT2D eigenvalue weighted by molar-refractivity contribution is -0.142. The predicted molar refractivity (Wildman–Crippen MR) is 191 cm³/mol. The topological polar surface area (TPSA) is 249 Å². The van der Waals surface area contributed by atoms with Gasteiger partial charge in [0.2, 0.25) is 29.5 Å². The van der Waals surface area contributed by atoms with E-state index < -0.39 is 60.3 Å². The lowest BCUT2D eigenvalue weighted by atomic mass is 10.0. The van der Waals surface area contributed by atoms with Crippen LogP contribution in [0.4, 0.5) is 0 Å². The summed E-state index contributed by atoms with van der Waals surface area (Å²) in [4.78, 5) is 76.9. The fraction of sp³-hybridized carbons (Fsp3) is 0.444. The molecule has 0 spiro atoms. The van der Waals surface area contributed by atoms with Crippen LogP contribution in [0.15, 0.2) is 60.8 Å². The number of nitrogens with zero attached hydrogens (tertiary/aromatic N) is 3. The number of carboxylic acids is 1. The first-order chi connectivity index (χ1) is 25.5. The minimum Gasteiger partial charge on any atom is -0.492 e. The van der Waals surface area contributed by atoms with Crippen LogP contribution >= 0.6 is 0 Å². The van der Waals surface area contributed by atoms with Crippen molar-refractivity contribution in [1.82, 2.24) is 41.6 Å². The van der Waals surface area contributed by atoms with Gasteiger partial charge in [-0.3, -0.25) is 24.0 Å². The fourth-order valence-corrected chi connectivity index (χ4v) is 5.45. The van der Waals surface area contributed by atoms with Gasteiger partial charge in [0.15, 0.2) is 0 Å². The van der Waals surface area contributed by atoms with E-state index in [2.05, 4.69) is 36.9 Å². The molecule has 2 aliphatic rings. The first-order valence-electron chi connectivity index (χ1n) is 17.5. The van der Waals surface area contributed by atoms with Crippen molar-refractivity contribution in [1.29, 1.82) is 0 Å². The predicted octanol–water partition coefficient (Wildman–Crippen LogP) is -0.623. The van der Waals surface area contributed by atoms with Crippen LogP contribution in [0, 0.1) is 0 Å². The number of carboxylic acid groups (broad SMARTS) is 1. The van der Waals surface area contributed by atoms with Gasteiger partial charge in [-0.15, -0.1) is 5.10 Å². The summed E-state index contributed by atoms with van der Waals surface area (Å²) in [5.74, 6) is -3.52. The number of aliphatic carboxylic acids is 1. The number of ether oxygens (including phenoxy) is 1. The number of fused-ring (bicyclic) bond motifs is 22. The van der Waals surface area contributed by atoms with Gasteiger partial charge in [0, 0.05) is 38.4 Å². The number of aromatic nitrogens is 3. The monoisotopic (exact) mass is 733 g/mol. The summed E-state index contributed by atoms with van der Waals surface area (Å²) in [7, 11) is 0. The van der Waals surface area contributed by atoms with Gasteiger partial charge >= 0.3 is 5.97 Å². The second-order valence-electron chi connectivity index (χ2n) is 12.8. The molecular formula is C36H47N9O8. The highest BCUT2D eigenvalue weighted by Crippen LogP contribution is 2.15. The molecule has 4 bridgehead atoms. The van der Waals surface area contributed by atoms with Gasteiger partial charge in [0.25, 0.3) is 0 Å². The standard InChI is InChI=1S/C36H47N9O8/c1-23(37)33(48)41-28-9-5-6-16-38-31(46)15-12-26-22-45(44-43-26)17-18-53-27-13-10-25(11-14-27)20-30(36(51)52)42-35(50)29(19-24-7-3-2-4-8-24)40-32(47)21-39-34(28)49/h2-4,7-8,10-11,13-14,22-23,28-30H,5-6,9,12,15-21,37H2,1H3,(H,38,46)(H,39,49)(H,40,47)(H,41,48)(H,42,50)(H,51,52). The van der Waals surface area contributed by atoms with Gasteiger partial charge in [-0.1, -0.05) is 47.7 Å². The average molecular weight is 734 g/mol. The Bertz CT molecular complexity index is 1700. The number of nitrogens with two attached hydrogens (primary N) is 1. The molecule has 284 valence electrons. The SMILES string of the molecule is CC(N)C(=O)NC1CCCCNC(=O)CCc2cn(nn2)CCOc2ccc(cc2)CC(C(=O)O)NC(=O)C(Cc2ccccc2)NC(=O)CNC1=O. The second-order valence-corrected chi connectivity index (χ2v) is 12.8. The molecule has 0 aliphatic carbocycles. The number of carbonyl (C=O) groups excluding carboxylic acids is 5. The van der Waals surface area contributed by atoms with Crippen LogP contribution < -0.4 is 37.1 Å².